The smallest absolute Gasteiger partial charge is 0.254 e. The Balaban J connectivity index is 2.12. The van der Waals surface area contributed by atoms with Gasteiger partial charge in [-0.25, -0.2) is 17.1 Å². The summed E-state index contributed by atoms with van der Waals surface area (Å²) in [4.78, 5) is 24.0. The molecule has 0 atom stereocenters. The summed E-state index contributed by atoms with van der Waals surface area (Å²) in [5, 5.41) is 4.81. The van der Waals surface area contributed by atoms with Gasteiger partial charge in [-0.2, -0.15) is 0 Å². The molecule has 2 amide bonds. The van der Waals surface area contributed by atoms with Crippen molar-refractivity contribution in [2.75, 3.05) is 32.6 Å². The SMILES string of the molecule is CCOc1ccc(NC(=O)CNC(=O)c2ccccc2F)cc1S(=O)(=O)N(C)C. The third kappa shape index (κ3) is 5.52. The van der Waals surface area contributed by atoms with E-state index in [4.69, 9.17) is 4.74 Å². The first-order valence-electron chi connectivity index (χ1n) is 8.68. The van der Waals surface area contributed by atoms with Crippen LogP contribution in [0, 0.1) is 5.82 Å². The van der Waals surface area contributed by atoms with Crippen molar-refractivity contribution in [1.29, 1.82) is 0 Å². The molecule has 2 aromatic carbocycles. The Morgan fingerprint density at radius 3 is 2.45 bits per heavy atom. The van der Waals surface area contributed by atoms with Crippen LogP contribution in [0.15, 0.2) is 47.4 Å². The zero-order valence-corrected chi connectivity index (χ0v) is 17.0. The molecule has 2 rings (SSSR count). The van der Waals surface area contributed by atoms with E-state index in [0.717, 1.165) is 10.4 Å². The number of amides is 2. The Kier molecular flexibility index (Phi) is 7.29. The molecule has 0 spiro atoms. The van der Waals surface area contributed by atoms with Gasteiger partial charge in [-0.3, -0.25) is 9.59 Å². The summed E-state index contributed by atoms with van der Waals surface area (Å²) in [6.07, 6.45) is 0. The van der Waals surface area contributed by atoms with Crippen LogP contribution >= 0.6 is 0 Å². The second kappa shape index (κ2) is 9.48. The minimum atomic E-state index is -3.81. The van der Waals surface area contributed by atoms with Crippen molar-refractivity contribution >= 4 is 27.5 Å². The van der Waals surface area contributed by atoms with Crippen molar-refractivity contribution < 1.29 is 27.1 Å². The summed E-state index contributed by atoms with van der Waals surface area (Å²) in [6.45, 7) is 1.57. The van der Waals surface area contributed by atoms with Gasteiger partial charge in [0.25, 0.3) is 5.91 Å². The van der Waals surface area contributed by atoms with E-state index in [1.807, 2.05) is 0 Å². The molecule has 156 valence electrons. The van der Waals surface area contributed by atoms with Crippen LogP contribution in [0.5, 0.6) is 5.75 Å². The van der Waals surface area contributed by atoms with Crippen LogP contribution in [0.2, 0.25) is 0 Å². The summed E-state index contributed by atoms with van der Waals surface area (Å²) in [5.41, 5.74) is 0.0275. The van der Waals surface area contributed by atoms with Gasteiger partial charge in [0, 0.05) is 19.8 Å². The van der Waals surface area contributed by atoms with Gasteiger partial charge in [-0.15, -0.1) is 0 Å². The van der Waals surface area contributed by atoms with Crippen molar-refractivity contribution in [2.45, 2.75) is 11.8 Å². The molecule has 10 heteroatoms. The van der Waals surface area contributed by atoms with E-state index in [1.165, 1.54) is 50.5 Å². The molecule has 0 aromatic heterocycles. The quantitative estimate of drug-likeness (QED) is 0.674. The molecule has 0 unspecified atom stereocenters. The Bertz CT molecular complexity index is 1010. The maximum absolute atomic E-state index is 13.6. The van der Waals surface area contributed by atoms with E-state index in [0.29, 0.717) is 0 Å². The number of nitrogens with zero attached hydrogens (tertiary/aromatic N) is 1. The molecule has 0 heterocycles. The summed E-state index contributed by atoms with van der Waals surface area (Å²) < 4.78 is 45.0. The molecule has 2 aromatic rings. The van der Waals surface area contributed by atoms with E-state index < -0.39 is 34.2 Å². The zero-order valence-electron chi connectivity index (χ0n) is 16.2. The average molecular weight is 423 g/mol. The van der Waals surface area contributed by atoms with Gasteiger partial charge < -0.3 is 15.4 Å². The van der Waals surface area contributed by atoms with Crippen LogP contribution in [0.4, 0.5) is 10.1 Å². The first-order chi connectivity index (χ1) is 13.7. The van der Waals surface area contributed by atoms with Gasteiger partial charge in [0.2, 0.25) is 15.9 Å². The fourth-order valence-electron chi connectivity index (χ4n) is 2.37. The highest BCUT2D eigenvalue weighted by molar-refractivity contribution is 7.89. The van der Waals surface area contributed by atoms with Gasteiger partial charge >= 0.3 is 0 Å². The number of ether oxygens (including phenoxy) is 1. The first-order valence-corrected chi connectivity index (χ1v) is 10.1. The van der Waals surface area contributed by atoms with Crippen molar-refractivity contribution in [1.82, 2.24) is 9.62 Å². The Hall–Kier alpha value is -2.98. The van der Waals surface area contributed by atoms with Gasteiger partial charge in [-0.05, 0) is 37.3 Å². The number of carbonyl (C=O) groups is 2. The van der Waals surface area contributed by atoms with Gasteiger partial charge in [0.05, 0.1) is 18.7 Å². The standard InChI is InChI=1S/C19H22FN3O5S/c1-4-28-16-10-9-13(11-17(16)29(26,27)23(2)3)22-18(24)12-21-19(25)14-7-5-6-8-15(14)20/h5-11H,4,12H2,1-3H3,(H,21,25)(H,22,24). The van der Waals surface area contributed by atoms with Crippen LogP contribution in [-0.2, 0) is 14.8 Å². The molecule has 29 heavy (non-hydrogen) atoms. The lowest BCUT2D eigenvalue weighted by molar-refractivity contribution is -0.115. The molecule has 0 radical (unpaired) electrons. The Morgan fingerprint density at radius 1 is 1.14 bits per heavy atom. The predicted molar refractivity (Wildman–Crippen MR) is 106 cm³/mol. The molecule has 0 fully saturated rings. The number of nitrogens with one attached hydrogen (secondary N) is 2. The summed E-state index contributed by atoms with van der Waals surface area (Å²) >= 11 is 0. The second-order valence-corrected chi connectivity index (χ2v) is 8.21. The van der Waals surface area contributed by atoms with Crippen LogP contribution in [0.25, 0.3) is 0 Å². The number of hydrogen-bond acceptors (Lipinski definition) is 5. The fourth-order valence-corrected chi connectivity index (χ4v) is 3.42. The van der Waals surface area contributed by atoms with Gasteiger partial charge in [0.1, 0.15) is 16.5 Å². The number of rotatable bonds is 8. The highest BCUT2D eigenvalue weighted by Gasteiger charge is 2.23. The van der Waals surface area contributed by atoms with Crippen LogP contribution in [0.1, 0.15) is 17.3 Å². The fraction of sp³-hybridized carbons (Fsp3) is 0.263. The molecular weight excluding hydrogens is 401 g/mol. The maximum Gasteiger partial charge on any atom is 0.254 e. The minimum Gasteiger partial charge on any atom is -0.492 e. The molecule has 0 aliphatic rings. The number of benzene rings is 2. The van der Waals surface area contributed by atoms with Crippen molar-refractivity contribution in [3.8, 4) is 5.75 Å². The zero-order chi connectivity index (χ0) is 21.6. The normalized spacial score (nSPS) is 11.2. The highest BCUT2D eigenvalue weighted by atomic mass is 32.2. The highest BCUT2D eigenvalue weighted by Crippen LogP contribution is 2.29. The van der Waals surface area contributed by atoms with Gasteiger partial charge in [-0.1, -0.05) is 12.1 Å². The minimum absolute atomic E-state index is 0.0995. The molecule has 0 saturated heterocycles. The molecule has 2 N–H and O–H groups in total. The van der Waals surface area contributed by atoms with Crippen molar-refractivity contribution in [3.63, 3.8) is 0 Å². The number of anilines is 1. The second-order valence-electron chi connectivity index (χ2n) is 6.09. The third-order valence-corrected chi connectivity index (χ3v) is 5.65. The molecule has 8 nitrogen and oxygen atoms in total. The lowest BCUT2D eigenvalue weighted by atomic mass is 10.2. The van der Waals surface area contributed by atoms with Crippen molar-refractivity contribution in [2.24, 2.45) is 0 Å². The number of sulfonamides is 1. The molecule has 0 saturated carbocycles. The van der Waals surface area contributed by atoms with Crippen LogP contribution in [-0.4, -0.2) is 51.8 Å². The maximum atomic E-state index is 13.6. The molecular formula is C19H22FN3O5S. The summed E-state index contributed by atoms with van der Waals surface area (Å²) in [7, 11) is -1.04. The lowest BCUT2D eigenvalue weighted by Gasteiger charge is -2.16. The molecule has 0 aliphatic carbocycles. The van der Waals surface area contributed by atoms with Crippen molar-refractivity contribution in [3.05, 3.63) is 53.8 Å². The number of carbonyl (C=O) groups excluding carboxylic acids is 2. The van der Waals surface area contributed by atoms with E-state index in [2.05, 4.69) is 10.6 Å². The third-order valence-electron chi connectivity index (χ3n) is 3.81. The van der Waals surface area contributed by atoms with Gasteiger partial charge in [0.15, 0.2) is 0 Å². The lowest BCUT2D eigenvalue weighted by Crippen LogP contribution is -2.33. The average Bonchev–Trinajstić information content (AvgIpc) is 2.67. The largest absolute Gasteiger partial charge is 0.492 e. The predicted octanol–water partition coefficient (Wildman–Crippen LogP) is 1.84. The molecule has 0 bridgehead atoms. The van der Waals surface area contributed by atoms with E-state index >= 15 is 0 Å². The summed E-state index contributed by atoms with van der Waals surface area (Å²) in [6, 6.07) is 9.59. The topological polar surface area (TPSA) is 105 Å². The van der Waals surface area contributed by atoms with E-state index in [1.54, 1.807) is 6.92 Å². The number of hydrogen-bond donors (Lipinski definition) is 2. The van der Waals surface area contributed by atoms with E-state index in [9.17, 15) is 22.4 Å². The first kappa shape index (κ1) is 22.3. The monoisotopic (exact) mass is 423 g/mol. The number of halogens is 1. The Morgan fingerprint density at radius 2 is 1.83 bits per heavy atom. The summed E-state index contributed by atoms with van der Waals surface area (Å²) in [5.74, 6) is -1.88. The molecule has 0 aliphatic heterocycles. The van der Waals surface area contributed by atoms with Crippen LogP contribution < -0.4 is 15.4 Å². The Labute approximate surface area is 168 Å². The van der Waals surface area contributed by atoms with E-state index in [-0.39, 0.29) is 28.5 Å². The van der Waals surface area contributed by atoms with Crippen LogP contribution in [0.3, 0.4) is 0 Å².